The standard InChI is InChI=1S/C19H18FNO3/c20-15-7-6-13-10-11-21(17(22)8-9-18(23)24)19(16(13)12-15)14-4-2-1-3-5-14/h1-7,12,19H,8-11H2,(H,23,24). The van der Waals surface area contributed by atoms with Crippen LogP contribution in [0.2, 0.25) is 0 Å². The van der Waals surface area contributed by atoms with Gasteiger partial charge in [0, 0.05) is 13.0 Å². The molecule has 0 fully saturated rings. The number of benzene rings is 2. The second-order valence-electron chi connectivity index (χ2n) is 5.89. The van der Waals surface area contributed by atoms with Gasteiger partial charge in [-0.15, -0.1) is 0 Å². The van der Waals surface area contributed by atoms with Gasteiger partial charge in [0.2, 0.25) is 5.91 Å². The van der Waals surface area contributed by atoms with E-state index in [1.165, 1.54) is 12.1 Å². The SMILES string of the molecule is O=C(O)CCC(=O)N1CCc2ccc(F)cc2C1c1ccccc1. The number of carbonyl (C=O) groups is 2. The van der Waals surface area contributed by atoms with Crippen molar-refractivity contribution in [2.24, 2.45) is 0 Å². The molecule has 2 aromatic carbocycles. The van der Waals surface area contributed by atoms with E-state index in [4.69, 9.17) is 5.11 Å². The van der Waals surface area contributed by atoms with Crippen molar-refractivity contribution in [2.75, 3.05) is 6.54 Å². The first-order chi connectivity index (χ1) is 11.6. The Kier molecular flexibility index (Phi) is 4.60. The smallest absolute Gasteiger partial charge is 0.303 e. The van der Waals surface area contributed by atoms with Gasteiger partial charge in [0.25, 0.3) is 0 Å². The van der Waals surface area contributed by atoms with Crippen molar-refractivity contribution in [3.05, 3.63) is 71.0 Å². The number of carbonyl (C=O) groups excluding carboxylic acids is 1. The Morgan fingerprint density at radius 2 is 1.88 bits per heavy atom. The number of carboxylic acids is 1. The molecule has 1 N–H and O–H groups in total. The first-order valence-electron chi connectivity index (χ1n) is 7.91. The molecule has 1 aliphatic heterocycles. The first-order valence-corrected chi connectivity index (χ1v) is 7.91. The lowest BCUT2D eigenvalue weighted by molar-refractivity contribution is -0.141. The lowest BCUT2D eigenvalue weighted by Crippen LogP contribution is -2.40. The van der Waals surface area contributed by atoms with E-state index in [1.54, 1.807) is 11.0 Å². The maximum Gasteiger partial charge on any atom is 0.303 e. The van der Waals surface area contributed by atoms with Gasteiger partial charge in [-0.1, -0.05) is 36.4 Å². The van der Waals surface area contributed by atoms with Crippen LogP contribution in [0.15, 0.2) is 48.5 Å². The zero-order valence-electron chi connectivity index (χ0n) is 13.1. The maximum absolute atomic E-state index is 13.8. The van der Waals surface area contributed by atoms with Gasteiger partial charge in [0.1, 0.15) is 5.82 Å². The van der Waals surface area contributed by atoms with E-state index in [0.29, 0.717) is 13.0 Å². The number of hydrogen-bond donors (Lipinski definition) is 1. The Bertz CT molecular complexity index is 760. The third-order valence-corrected chi connectivity index (χ3v) is 4.32. The minimum absolute atomic E-state index is 0.0523. The van der Waals surface area contributed by atoms with E-state index in [2.05, 4.69) is 0 Å². The van der Waals surface area contributed by atoms with Crippen LogP contribution in [0, 0.1) is 5.82 Å². The summed E-state index contributed by atoms with van der Waals surface area (Å²) in [4.78, 5) is 25.0. The van der Waals surface area contributed by atoms with Crippen molar-refractivity contribution in [1.29, 1.82) is 0 Å². The second kappa shape index (κ2) is 6.83. The molecule has 1 aliphatic rings. The summed E-state index contributed by atoms with van der Waals surface area (Å²) in [5.74, 6) is -1.56. The lowest BCUT2D eigenvalue weighted by atomic mass is 9.87. The van der Waals surface area contributed by atoms with Crippen LogP contribution >= 0.6 is 0 Å². The van der Waals surface area contributed by atoms with Crippen molar-refractivity contribution in [3.63, 3.8) is 0 Å². The number of aliphatic carboxylic acids is 1. The molecule has 24 heavy (non-hydrogen) atoms. The second-order valence-corrected chi connectivity index (χ2v) is 5.89. The monoisotopic (exact) mass is 327 g/mol. The maximum atomic E-state index is 13.8. The minimum Gasteiger partial charge on any atom is -0.481 e. The van der Waals surface area contributed by atoms with Gasteiger partial charge in [-0.25, -0.2) is 4.39 Å². The molecule has 4 nitrogen and oxygen atoms in total. The Balaban J connectivity index is 2.00. The van der Waals surface area contributed by atoms with E-state index in [1.807, 2.05) is 30.3 Å². The fourth-order valence-electron chi connectivity index (χ4n) is 3.21. The molecule has 0 saturated heterocycles. The fourth-order valence-corrected chi connectivity index (χ4v) is 3.21. The molecule has 0 bridgehead atoms. The summed E-state index contributed by atoms with van der Waals surface area (Å²) in [5.41, 5.74) is 2.69. The van der Waals surface area contributed by atoms with Gasteiger partial charge in [0.15, 0.2) is 0 Å². The predicted molar refractivity (Wildman–Crippen MR) is 87.0 cm³/mol. The molecule has 124 valence electrons. The number of hydrogen-bond acceptors (Lipinski definition) is 2. The van der Waals surface area contributed by atoms with Crippen LogP contribution in [0.25, 0.3) is 0 Å². The van der Waals surface area contributed by atoms with Crippen molar-refractivity contribution in [3.8, 4) is 0 Å². The van der Waals surface area contributed by atoms with E-state index in [-0.39, 0.29) is 30.6 Å². The summed E-state index contributed by atoms with van der Waals surface area (Å²) in [6.45, 7) is 0.497. The molecule has 0 aromatic heterocycles. The van der Waals surface area contributed by atoms with Crippen LogP contribution in [0.3, 0.4) is 0 Å². The molecule has 1 atom stereocenters. The number of fused-ring (bicyclic) bond motifs is 1. The highest BCUT2D eigenvalue weighted by Gasteiger charge is 2.32. The molecule has 0 spiro atoms. The zero-order valence-corrected chi connectivity index (χ0v) is 13.1. The van der Waals surface area contributed by atoms with Crippen LogP contribution in [-0.4, -0.2) is 28.4 Å². The van der Waals surface area contributed by atoms with Crippen LogP contribution in [-0.2, 0) is 16.0 Å². The summed E-state index contributed by atoms with van der Waals surface area (Å²) >= 11 is 0. The largest absolute Gasteiger partial charge is 0.481 e. The fraction of sp³-hybridized carbons (Fsp3) is 0.263. The van der Waals surface area contributed by atoms with Crippen molar-refractivity contribution < 1.29 is 19.1 Å². The summed E-state index contributed by atoms with van der Waals surface area (Å²) in [6.07, 6.45) is 0.383. The number of amides is 1. The van der Waals surface area contributed by atoms with Crippen LogP contribution < -0.4 is 0 Å². The molecule has 1 amide bonds. The van der Waals surface area contributed by atoms with E-state index in [0.717, 1.165) is 16.7 Å². The number of nitrogens with zero attached hydrogens (tertiary/aromatic N) is 1. The normalized spacial score (nSPS) is 16.5. The zero-order chi connectivity index (χ0) is 17.1. The number of halogens is 1. The first kappa shape index (κ1) is 16.2. The highest BCUT2D eigenvalue weighted by atomic mass is 19.1. The Morgan fingerprint density at radius 3 is 2.58 bits per heavy atom. The molecule has 3 rings (SSSR count). The van der Waals surface area contributed by atoms with Gasteiger partial charge in [-0.3, -0.25) is 9.59 Å². The molecule has 2 aromatic rings. The van der Waals surface area contributed by atoms with E-state index < -0.39 is 5.97 Å². The third kappa shape index (κ3) is 3.30. The quantitative estimate of drug-likeness (QED) is 0.938. The van der Waals surface area contributed by atoms with Crippen molar-refractivity contribution in [1.82, 2.24) is 4.90 Å². The van der Waals surface area contributed by atoms with Gasteiger partial charge in [-0.05, 0) is 35.2 Å². The van der Waals surface area contributed by atoms with E-state index in [9.17, 15) is 14.0 Å². The van der Waals surface area contributed by atoms with Gasteiger partial charge in [-0.2, -0.15) is 0 Å². The molecule has 0 saturated carbocycles. The molecular weight excluding hydrogens is 309 g/mol. The summed E-state index contributed by atoms with van der Waals surface area (Å²) in [5, 5.41) is 8.82. The Labute approximate surface area is 139 Å². The number of rotatable bonds is 4. The summed E-state index contributed by atoms with van der Waals surface area (Å²) in [7, 11) is 0. The Morgan fingerprint density at radius 1 is 1.12 bits per heavy atom. The van der Waals surface area contributed by atoms with Gasteiger partial charge < -0.3 is 10.0 Å². The van der Waals surface area contributed by atoms with Crippen LogP contribution in [0.1, 0.15) is 35.6 Å². The third-order valence-electron chi connectivity index (χ3n) is 4.32. The van der Waals surface area contributed by atoms with Gasteiger partial charge in [0.05, 0.1) is 12.5 Å². The van der Waals surface area contributed by atoms with Crippen LogP contribution in [0.5, 0.6) is 0 Å². The lowest BCUT2D eigenvalue weighted by Gasteiger charge is -2.38. The Hall–Kier alpha value is -2.69. The van der Waals surface area contributed by atoms with Crippen molar-refractivity contribution in [2.45, 2.75) is 25.3 Å². The summed E-state index contributed by atoms with van der Waals surface area (Å²) < 4.78 is 13.8. The minimum atomic E-state index is -0.997. The van der Waals surface area contributed by atoms with E-state index >= 15 is 0 Å². The molecule has 0 radical (unpaired) electrons. The average Bonchev–Trinajstić information content (AvgIpc) is 2.59. The molecule has 0 aliphatic carbocycles. The predicted octanol–water partition coefficient (Wildman–Crippen LogP) is 3.16. The number of carboxylic acid groups (broad SMARTS) is 1. The highest BCUT2D eigenvalue weighted by molar-refractivity contribution is 5.81. The molecule has 1 unspecified atom stereocenters. The van der Waals surface area contributed by atoms with Crippen molar-refractivity contribution >= 4 is 11.9 Å². The average molecular weight is 327 g/mol. The highest BCUT2D eigenvalue weighted by Crippen LogP contribution is 2.36. The van der Waals surface area contributed by atoms with Crippen LogP contribution in [0.4, 0.5) is 4.39 Å². The van der Waals surface area contributed by atoms with Gasteiger partial charge >= 0.3 is 5.97 Å². The molecule has 1 heterocycles. The topological polar surface area (TPSA) is 57.6 Å². The molecular formula is C19H18FNO3. The summed E-state index contributed by atoms with van der Waals surface area (Å²) in [6, 6.07) is 13.7. The molecule has 5 heteroatoms.